The largest absolute Gasteiger partial charge is 0.384 e. The predicted octanol–water partition coefficient (Wildman–Crippen LogP) is 4.97. The van der Waals surface area contributed by atoms with Crippen LogP contribution < -0.4 is 0 Å². The molecule has 0 amide bonds. The molecule has 1 aromatic heterocycles. The van der Waals surface area contributed by atoms with E-state index in [0.717, 1.165) is 18.7 Å². The number of rotatable bonds is 2. The lowest BCUT2D eigenvalue weighted by atomic mass is 10.00. The summed E-state index contributed by atoms with van der Waals surface area (Å²) < 4.78 is 1.99. The van der Waals surface area contributed by atoms with Crippen molar-refractivity contribution in [2.24, 2.45) is 0 Å². The third kappa shape index (κ3) is 2.99. The van der Waals surface area contributed by atoms with Crippen LogP contribution in [0.2, 0.25) is 0 Å². The first-order valence-electron chi connectivity index (χ1n) is 5.18. The SMILES string of the molecule is Cc1cc(C)cc(C(O)c2cc(Br)sc2Br)c1. The highest BCUT2D eigenvalue weighted by Crippen LogP contribution is 2.38. The molecule has 0 saturated carbocycles. The van der Waals surface area contributed by atoms with E-state index < -0.39 is 6.10 Å². The number of hydrogen-bond donors (Lipinski definition) is 1. The molecule has 90 valence electrons. The van der Waals surface area contributed by atoms with Gasteiger partial charge in [-0.15, -0.1) is 11.3 Å². The van der Waals surface area contributed by atoms with Gasteiger partial charge < -0.3 is 5.11 Å². The van der Waals surface area contributed by atoms with Crippen LogP contribution in [0.3, 0.4) is 0 Å². The molecule has 2 rings (SSSR count). The summed E-state index contributed by atoms with van der Waals surface area (Å²) in [5, 5.41) is 10.4. The summed E-state index contributed by atoms with van der Waals surface area (Å²) in [6.45, 7) is 4.09. The molecule has 1 unspecified atom stereocenters. The van der Waals surface area contributed by atoms with Crippen molar-refractivity contribution in [3.63, 3.8) is 0 Å². The van der Waals surface area contributed by atoms with Crippen molar-refractivity contribution in [2.45, 2.75) is 20.0 Å². The molecule has 4 heteroatoms. The number of halogens is 2. The van der Waals surface area contributed by atoms with Gasteiger partial charge in [-0.05, 0) is 57.3 Å². The Labute approximate surface area is 122 Å². The zero-order valence-corrected chi connectivity index (χ0v) is 13.5. The van der Waals surface area contributed by atoms with Crippen molar-refractivity contribution in [1.29, 1.82) is 0 Å². The molecule has 0 radical (unpaired) electrons. The average molecular weight is 376 g/mol. The normalized spacial score (nSPS) is 12.8. The Bertz CT molecular complexity index is 528. The van der Waals surface area contributed by atoms with E-state index in [1.807, 2.05) is 32.0 Å². The fourth-order valence-corrected chi connectivity index (χ4v) is 4.77. The van der Waals surface area contributed by atoms with Crippen LogP contribution >= 0.6 is 43.2 Å². The number of hydrogen-bond acceptors (Lipinski definition) is 2. The second-order valence-electron chi connectivity index (χ2n) is 4.10. The summed E-state index contributed by atoms with van der Waals surface area (Å²) in [6.07, 6.45) is -0.578. The van der Waals surface area contributed by atoms with Crippen LogP contribution in [0.5, 0.6) is 0 Å². The quantitative estimate of drug-likeness (QED) is 0.785. The molecule has 1 heterocycles. The lowest BCUT2D eigenvalue weighted by Gasteiger charge is -2.12. The second kappa shape index (κ2) is 5.22. The van der Waals surface area contributed by atoms with Gasteiger partial charge in [0.15, 0.2) is 0 Å². The van der Waals surface area contributed by atoms with Gasteiger partial charge >= 0.3 is 0 Å². The van der Waals surface area contributed by atoms with Crippen molar-refractivity contribution in [2.75, 3.05) is 0 Å². The van der Waals surface area contributed by atoms with E-state index in [0.29, 0.717) is 0 Å². The number of aryl methyl sites for hydroxylation is 2. The summed E-state index contributed by atoms with van der Waals surface area (Å²) in [5.74, 6) is 0. The minimum Gasteiger partial charge on any atom is -0.384 e. The Morgan fingerprint density at radius 2 is 1.65 bits per heavy atom. The van der Waals surface area contributed by atoms with Gasteiger partial charge in [0, 0.05) is 5.56 Å². The van der Waals surface area contributed by atoms with Crippen LogP contribution in [0.15, 0.2) is 31.8 Å². The van der Waals surface area contributed by atoms with Gasteiger partial charge in [0.25, 0.3) is 0 Å². The van der Waals surface area contributed by atoms with E-state index in [-0.39, 0.29) is 0 Å². The maximum Gasteiger partial charge on any atom is 0.106 e. The van der Waals surface area contributed by atoms with Gasteiger partial charge in [-0.25, -0.2) is 0 Å². The highest BCUT2D eigenvalue weighted by molar-refractivity contribution is 9.12. The van der Waals surface area contributed by atoms with Gasteiger partial charge in [-0.1, -0.05) is 29.3 Å². The van der Waals surface area contributed by atoms with Gasteiger partial charge in [-0.2, -0.15) is 0 Å². The number of aliphatic hydroxyl groups excluding tert-OH is 1. The van der Waals surface area contributed by atoms with E-state index in [9.17, 15) is 5.11 Å². The molecule has 2 aromatic rings. The van der Waals surface area contributed by atoms with Crippen molar-refractivity contribution in [3.8, 4) is 0 Å². The molecule has 0 aliphatic carbocycles. The molecule has 17 heavy (non-hydrogen) atoms. The molecule has 0 spiro atoms. The molecule has 0 fully saturated rings. The zero-order valence-electron chi connectivity index (χ0n) is 9.50. The minimum absolute atomic E-state index is 0.578. The van der Waals surface area contributed by atoms with Gasteiger partial charge in [0.2, 0.25) is 0 Å². The standard InChI is InChI=1S/C13H12Br2OS/c1-7-3-8(2)5-9(4-7)12(16)10-6-11(14)17-13(10)15/h3-6,12,16H,1-2H3. The topological polar surface area (TPSA) is 20.2 Å². The highest BCUT2D eigenvalue weighted by Gasteiger charge is 2.16. The molecule has 0 aliphatic rings. The summed E-state index contributed by atoms with van der Waals surface area (Å²) in [6, 6.07) is 8.11. The van der Waals surface area contributed by atoms with E-state index >= 15 is 0 Å². The summed E-state index contributed by atoms with van der Waals surface area (Å²) in [4.78, 5) is 0. The smallest absolute Gasteiger partial charge is 0.106 e. The molecule has 1 N–H and O–H groups in total. The van der Waals surface area contributed by atoms with Crippen LogP contribution in [0.1, 0.15) is 28.4 Å². The fourth-order valence-electron chi connectivity index (χ4n) is 1.89. The van der Waals surface area contributed by atoms with Crippen LogP contribution in [0.4, 0.5) is 0 Å². The molecule has 0 aliphatic heterocycles. The fraction of sp³-hybridized carbons (Fsp3) is 0.231. The molecule has 1 aromatic carbocycles. The third-order valence-corrected chi connectivity index (χ3v) is 4.92. The van der Waals surface area contributed by atoms with Crippen LogP contribution in [-0.2, 0) is 0 Å². The van der Waals surface area contributed by atoms with Gasteiger partial charge in [-0.3, -0.25) is 0 Å². The number of thiophene rings is 1. The Balaban J connectivity index is 2.43. The predicted molar refractivity (Wildman–Crippen MR) is 79.7 cm³/mol. The van der Waals surface area contributed by atoms with Crippen molar-refractivity contribution in [1.82, 2.24) is 0 Å². The van der Waals surface area contributed by atoms with Crippen LogP contribution in [0, 0.1) is 13.8 Å². The maximum atomic E-state index is 10.4. The van der Waals surface area contributed by atoms with E-state index in [2.05, 4.69) is 37.9 Å². The third-order valence-electron chi connectivity index (χ3n) is 2.54. The Morgan fingerprint density at radius 3 is 2.12 bits per heavy atom. The number of benzene rings is 1. The lowest BCUT2D eigenvalue weighted by molar-refractivity contribution is 0.220. The lowest BCUT2D eigenvalue weighted by Crippen LogP contribution is -1.99. The first-order valence-corrected chi connectivity index (χ1v) is 7.58. The minimum atomic E-state index is -0.578. The Morgan fingerprint density at radius 1 is 1.06 bits per heavy atom. The van der Waals surface area contributed by atoms with Gasteiger partial charge in [0.1, 0.15) is 6.10 Å². The molecular formula is C13H12Br2OS. The highest BCUT2D eigenvalue weighted by atomic mass is 79.9. The van der Waals surface area contributed by atoms with Crippen molar-refractivity contribution < 1.29 is 5.11 Å². The first-order chi connectivity index (χ1) is 7.97. The van der Waals surface area contributed by atoms with Crippen LogP contribution in [-0.4, -0.2) is 5.11 Å². The Hall–Kier alpha value is -0.160. The number of aliphatic hydroxyl groups is 1. The molecule has 0 bridgehead atoms. The maximum absolute atomic E-state index is 10.4. The van der Waals surface area contributed by atoms with Crippen molar-refractivity contribution >= 4 is 43.2 Å². The molecular weight excluding hydrogens is 364 g/mol. The summed E-state index contributed by atoms with van der Waals surface area (Å²) in [7, 11) is 0. The van der Waals surface area contributed by atoms with Gasteiger partial charge in [0.05, 0.1) is 7.57 Å². The summed E-state index contributed by atoms with van der Waals surface area (Å²) in [5.41, 5.74) is 4.19. The first kappa shape index (κ1) is 13.3. The monoisotopic (exact) mass is 374 g/mol. The average Bonchev–Trinajstić information content (AvgIpc) is 2.55. The van der Waals surface area contributed by atoms with Crippen LogP contribution in [0.25, 0.3) is 0 Å². The molecule has 1 nitrogen and oxygen atoms in total. The molecule has 0 saturated heterocycles. The van der Waals surface area contributed by atoms with E-state index in [4.69, 9.17) is 0 Å². The van der Waals surface area contributed by atoms with E-state index in [1.54, 1.807) is 11.3 Å². The van der Waals surface area contributed by atoms with Crippen molar-refractivity contribution in [3.05, 3.63) is 54.1 Å². The Kier molecular flexibility index (Phi) is 4.08. The molecule has 1 atom stereocenters. The summed E-state index contributed by atoms with van der Waals surface area (Å²) >= 11 is 8.48. The van der Waals surface area contributed by atoms with E-state index in [1.165, 1.54) is 11.1 Å². The second-order valence-corrected chi connectivity index (χ2v) is 7.85. The zero-order chi connectivity index (χ0) is 12.6.